The number of amides is 1. The van der Waals surface area contributed by atoms with E-state index in [9.17, 15) is 4.79 Å². The highest BCUT2D eigenvalue weighted by Crippen LogP contribution is 2.23. The summed E-state index contributed by atoms with van der Waals surface area (Å²) >= 11 is 1.61. The number of nitrogens with zero attached hydrogens (tertiary/aromatic N) is 1. The number of hydrogen-bond acceptors (Lipinski definition) is 3. The van der Waals surface area contributed by atoms with E-state index in [2.05, 4.69) is 10.3 Å². The standard InChI is InChI=1S/C14H16N2OS/c1-3-10(2)13(17)16-12-6-4-11(5-7-12)14-15-8-9-18-14/h4-10H,3H2,1-2H3,(H,16,17). The normalized spacial score (nSPS) is 12.1. The van der Waals surface area contributed by atoms with Crippen LogP contribution in [0.1, 0.15) is 20.3 Å². The van der Waals surface area contributed by atoms with Gasteiger partial charge in [-0.1, -0.05) is 13.8 Å². The van der Waals surface area contributed by atoms with Gasteiger partial charge in [0.1, 0.15) is 5.01 Å². The number of anilines is 1. The third-order valence-electron chi connectivity index (χ3n) is 2.89. The van der Waals surface area contributed by atoms with Gasteiger partial charge in [-0.15, -0.1) is 11.3 Å². The molecule has 0 aliphatic heterocycles. The van der Waals surface area contributed by atoms with Gasteiger partial charge in [0.2, 0.25) is 5.91 Å². The molecule has 0 bridgehead atoms. The Balaban J connectivity index is 2.06. The first-order chi connectivity index (χ1) is 8.70. The smallest absolute Gasteiger partial charge is 0.227 e. The maximum absolute atomic E-state index is 11.7. The van der Waals surface area contributed by atoms with Crippen LogP contribution in [-0.4, -0.2) is 10.9 Å². The third-order valence-corrected chi connectivity index (χ3v) is 3.71. The minimum atomic E-state index is 0.0450. The number of carbonyl (C=O) groups is 1. The molecule has 0 spiro atoms. The first kappa shape index (κ1) is 12.8. The number of hydrogen-bond donors (Lipinski definition) is 1. The fourth-order valence-corrected chi connectivity index (χ4v) is 2.16. The van der Waals surface area contributed by atoms with Gasteiger partial charge in [-0.2, -0.15) is 0 Å². The van der Waals surface area contributed by atoms with Crippen LogP contribution in [0.4, 0.5) is 5.69 Å². The Hall–Kier alpha value is -1.68. The molecule has 0 saturated carbocycles. The van der Waals surface area contributed by atoms with Gasteiger partial charge >= 0.3 is 0 Å². The number of aromatic nitrogens is 1. The van der Waals surface area contributed by atoms with Gasteiger partial charge in [-0.05, 0) is 30.7 Å². The third kappa shape index (κ3) is 2.96. The molecule has 0 aliphatic carbocycles. The molecule has 94 valence electrons. The average molecular weight is 260 g/mol. The molecule has 2 rings (SSSR count). The van der Waals surface area contributed by atoms with Gasteiger partial charge in [0.25, 0.3) is 0 Å². The summed E-state index contributed by atoms with van der Waals surface area (Å²) in [4.78, 5) is 16.0. The molecule has 0 radical (unpaired) electrons. The summed E-state index contributed by atoms with van der Waals surface area (Å²) < 4.78 is 0. The zero-order chi connectivity index (χ0) is 13.0. The van der Waals surface area contributed by atoms with Crippen LogP contribution in [0.25, 0.3) is 10.6 Å². The number of nitrogens with one attached hydrogen (secondary N) is 1. The van der Waals surface area contributed by atoms with E-state index in [1.807, 2.05) is 43.5 Å². The van der Waals surface area contributed by atoms with Crippen molar-refractivity contribution in [1.82, 2.24) is 4.98 Å². The quantitative estimate of drug-likeness (QED) is 0.908. The van der Waals surface area contributed by atoms with Crippen molar-refractivity contribution in [2.45, 2.75) is 20.3 Å². The second-order valence-electron chi connectivity index (χ2n) is 4.21. The Kier molecular flexibility index (Phi) is 4.10. The van der Waals surface area contributed by atoms with Crippen molar-refractivity contribution in [1.29, 1.82) is 0 Å². The summed E-state index contributed by atoms with van der Waals surface area (Å²) in [5, 5.41) is 5.86. The molecule has 2 aromatic rings. The van der Waals surface area contributed by atoms with Crippen molar-refractivity contribution in [3.63, 3.8) is 0 Å². The van der Waals surface area contributed by atoms with Crippen LogP contribution in [0.3, 0.4) is 0 Å². The van der Waals surface area contributed by atoms with Crippen LogP contribution in [0.2, 0.25) is 0 Å². The predicted molar refractivity (Wildman–Crippen MR) is 75.6 cm³/mol. The molecule has 1 atom stereocenters. The lowest BCUT2D eigenvalue weighted by Crippen LogP contribution is -2.19. The van der Waals surface area contributed by atoms with Gasteiger partial charge in [-0.3, -0.25) is 4.79 Å². The maximum Gasteiger partial charge on any atom is 0.227 e. The highest BCUT2D eigenvalue weighted by molar-refractivity contribution is 7.13. The molecule has 0 aliphatic rings. The minimum Gasteiger partial charge on any atom is -0.326 e. The molecule has 1 aromatic carbocycles. The number of benzene rings is 1. The molecule has 1 N–H and O–H groups in total. The van der Waals surface area contributed by atoms with E-state index in [-0.39, 0.29) is 11.8 Å². The molecule has 1 amide bonds. The van der Waals surface area contributed by atoms with Gasteiger partial charge < -0.3 is 5.32 Å². The van der Waals surface area contributed by atoms with E-state index in [4.69, 9.17) is 0 Å². The fourth-order valence-electron chi connectivity index (χ4n) is 1.51. The lowest BCUT2D eigenvalue weighted by Gasteiger charge is -2.10. The van der Waals surface area contributed by atoms with Gasteiger partial charge in [0.15, 0.2) is 0 Å². The van der Waals surface area contributed by atoms with Gasteiger partial charge in [-0.25, -0.2) is 4.98 Å². The van der Waals surface area contributed by atoms with E-state index in [1.54, 1.807) is 17.5 Å². The van der Waals surface area contributed by atoms with Crippen molar-refractivity contribution in [3.05, 3.63) is 35.8 Å². The van der Waals surface area contributed by atoms with Crippen LogP contribution in [0, 0.1) is 5.92 Å². The van der Waals surface area contributed by atoms with Crippen LogP contribution < -0.4 is 5.32 Å². The van der Waals surface area contributed by atoms with Gasteiger partial charge in [0, 0.05) is 28.7 Å². The highest BCUT2D eigenvalue weighted by atomic mass is 32.1. The fraction of sp³-hybridized carbons (Fsp3) is 0.286. The summed E-state index contributed by atoms with van der Waals surface area (Å²) in [6, 6.07) is 7.78. The minimum absolute atomic E-state index is 0.0450. The topological polar surface area (TPSA) is 42.0 Å². The van der Waals surface area contributed by atoms with Crippen LogP contribution in [0.5, 0.6) is 0 Å². The molecular weight excluding hydrogens is 244 g/mol. The van der Waals surface area contributed by atoms with Crippen molar-refractivity contribution < 1.29 is 4.79 Å². The van der Waals surface area contributed by atoms with Crippen molar-refractivity contribution in [2.24, 2.45) is 5.92 Å². The zero-order valence-corrected chi connectivity index (χ0v) is 11.3. The van der Waals surface area contributed by atoms with E-state index in [1.165, 1.54) is 0 Å². The second kappa shape index (κ2) is 5.78. The lowest BCUT2D eigenvalue weighted by molar-refractivity contribution is -0.119. The summed E-state index contributed by atoms with van der Waals surface area (Å²) in [7, 11) is 0. The Bertz CT molecular complexity index is 505. The molecule has 18 heavy (non-hydrogen) atoms. The Morgan fingerprint density at radius 3 is 2.67 bits per heavy atom. The number of thiazole rings is 1. The first-order valence-electron chi connectivity index (χ1n) is 6.01. The largest absolute Gasteiger partial charge is 0.326 e. The molecule has 0 saturated heterocycles. The van der Waals surface area contributed by atoms with Gasteiger partial charge in [0.05, 0.1) is 0 Å². The molecule has 4 heteroatoms. The molecule has 3 nitrogen and oxygen atoms in total. The summed E-state index contributed by atoms with van der Waals surface area (Å²) in [6.07, 6.45) is 2.64. The summed E-state index contributed by atoms with van der Waals surface area (Å²) in [5.41, 5.74) is 1.91. The van der Waals surface area contributed by atoms with E-state index >= 15 is 0 Å². The average Bonchev–Trinajstić information content (AvgIpc) is 2.92. The summed E-state index contributed by atoms with van der Waals surface area (Å²) in [5.74, 6) is 0.114. The highest BCUT2D eigenvalue weighted by Gasteiger charge is 2.10. The van der Waals surface area contributed by atoms with Crippen molar-refractivity contribution >= 4 is 22.9 Å². The van der Waals surface area contributed by atoms with E-state index < -0.39 is 0 Å². The van der Waals surface area contributed by atoms with Crippen molar-refractivity contribution in [3.8, 4) is 10.6 Å². The van der Waals surface area contributed by atoms with Crippen molar-refractivity contribution in [2.75, 3.05) is 5.32 Å². The predicted octanol–water partition coefficient (Wildman–Crippen LogP) is 3.79. The van der Waals surface area contributed by atoms with Crippen LogP contribution in [0.15, 0.2) is 35.8 Å². The van der Waals surface area contributed by atoms with E-state index in [0.717, 1.165) is 22.7 Å². The lowest BCUT2D eigenvalue weighted by atomic mass is 10.1. The molecule has 1 aromatic heterocycles. The number of carbonyl (C=O) groups excluding carboxylic acids is 1. The molecule has 1 heterocycles. The zero-order valence-electron chi connectivity index (χ0n) is 10.5. The Morgan fingerprint density at radius 2 is 2.11 bits per heavy atom. The number of rotatable bonds is 4. The monoisotopic (exact) mass is 260 g/mol. The summed E-state index contributed by atoms with van der Waals surface area (Å²) in [6.45, 7) is 3.94. The second-order valence-corrected chi connectivity index (χ2v) is 5.11. The molecular formula is C14H16N2OS. The van der Waals surface area contributed by atoms with Crippen LogP contribution in [-0.2, 0) is 4.79 Å². The Morgan fingerprint density at radius 1 is 1.39 bits per heavy atom. The van der Waals surface area contributed by atoms with E-state index in [0.29, 0.717) is 0 Å². The Labute approximate surface area is 111 Å². The van der Waals surface area contributed by atoms with Crippen LogP contribution >= 0.6 is 11.3 Å². The maximum atomic E-state index is 11.7. The first-order valence-corrected chi connectivity index (χ1v) is 6.89. The molecule has 0 fully saturated rings. The molecule has 1 unspecified atom stereocenters. The SMILES string of the molecule is CCC(C)C(=O)Nc1ccc(-c2nccs2)cc1.